The Balaban J connectivity index is 1.80. The molecule has 0 saturated heterocycles. The van der Waals surface area contributed by atoms with Crippen LogP contribution in [0.2, 0.25) is 0 Å². The Morgan fingerprint density at radius 2 is 1.85 bits per heavy atom. The van der Waals surface area contributed by atoms with E-state index in [9.17, 15) is 24.6 Å². The van der Waals surface area contributed by atoms with E-state index in [0.717, 1.165) is 25.5 Å². The van der Waals surface area contributed by atoms with Crippen molar-refractivity contribution in [1.29, 1.82) is 0 Å². The molecule has 27 heavy (non-hydrogen) atoms. The minimum atomic E-state index is -1.55. The van der Waals surface area contributed by atoms with Crippen molar-refractivity contribution in [1.82, 2.24) is 0 Å². The van der Waals surface area contributed by atoms with Crippen molar-refractivity contribution < 1.29 is 24.6 Å². The monoisotopic (exact) mass is 374 g/mol. The number of allylic oxidation sites excluding steroid dienone is 1. The summed E-state index contributed by atoms with van der Waals surface area (Å²) in [6.45, 7) is 3.48. The highest BCUT2D eigenvalue weighted by molar-refractivity contribution is 5.92. The predicted molar refractivity (Wildman–Crippen MR) is 98.8 cm³/mol. The van der Waals surface area contributed by atoms with E-state index in [1.807, 2.05) is 13.0 Å². The van der Waals surface area contributed by atoms with E-state index in [1.165, 1.54) is 5.57 Å². The lowest BCUT2D eigenvalue weighted by Crippen LogP contribution is -2.62. The van der Waals surface area contributed by atoms with Gasteiger partial charge in [0, 0.05) is 17.3 Å². The van der Waals surface area contributed by atoms with Crippen molar-refractivity contribution in [2.75, 3.05) is 6.61 Å². The zero-order valence-electron chi connectivity index (χ0n) is 16.3. The van der Waals surface area contributed by atoms with Gasteiger partial charge in [0.2, 0.25) is 0 Å². The maximum Gasteiger partial charge on any atom is 0.190 e. The van der Waals surface area contributed by atoms with Crippen molar-refractivity contribution in [2.24, 2.45) is 28.1 Å². The van der Waals surface area contributed by atoms with Gasteiger partial charge in [-0.05, 0) is 68.3 Å². The molecule has 5 nitrogen and oxygen atoms in total. The number of carbonyl (C=O) groups excluding carboxylic acids is 3. The normalized spacial score (nSPS) is 48.9. The van der Waals surface area contributed by atoms with Crippen molar-refractivity contribution in [2.45, 2.75) is 70.8 Å². The van der Waals surface area contributed by atoms with Crippen LogP contribution in [0.15, 0.2) is 11.6 Å². The summed E-state index contributed by atoms with van der Waals surface area (Å²) in [4.78, 5) is 37.0. The number of carbonyl (C=O) groups is 3. The molecule has 3 fully saturated rings. The first-order valence-electron chi connectivity index (χ1n) is 10.2. The van der Waals surface area contributed by atoms with E-state index >= 15 is 0 Å². The fourth-order valence-corrected chi connectivity index (χ4v) is 7.60. The third-order valence-corrected chi connectivity index (χ3v) is 9.14. The highest BCUT2D eigenvalue weighted by atomic mass is 16.3. The molecule has 0 radical (unpaired) electrons. The second kappa shape index (κ2) is 5.84. The zero-order chi connectivity index (χ0) is 19.7. The zero-order valence-corrected chi connectivity index (χ0v) is 16.3. The van der Waals surface area contributed by atoms with Gasteiger partial charge in [-0.2, -0.15) is 0 Å². The summed E-state index contributed by atoms with van der Waals surface area (Å²) in [7, 11) is 0. The molecule has 4 aliphatic carbocycles. The lowest BCUT2D eigenvalue weighted by Gasteiger charge is -2.63. The maximum atomic E-state index is 12.6. The van der Waals surface area contributed by atoms with Gasteiger partial charge < -0.3 is 15.0 Å². The summed E-state index contributed by atoms with van der Waals surface area (Å²) in [6.07, 6.45) is 8.01. The number of Topliss-reactive ketones (excluding diaryl/α,β-unsaturated/α-hetero) is 1. The third-order valence-electron chi connectivity index (χ3n) is 9.14. The molecule has 4 rings (SSSR count). The number of fused-ring (bicyclic) bond motifs is 5. The topological polar surface area (TPSA) is 91.7 Å². The Bertz CT molecular complexity index is 741. The molecule has 5 heteroatoms. The summed E-state index contributed by atoms with van der Waals surface area (Å²) < 4.78 is 0. The van der Waals surface area contributed by atoms with Crippen molar-refractivity contribution in [3.63, 3.8) is 0 Å². The molecular weight excluding hydrogens is 344 g/mol. The third kappa shape index (κ3) is 2.16. The molecule has 4 aliphatic rings. The molecule has 6 atom stereocenters. The van der Waals surface area contributed by atoms with Crippen molar-refractivity contribution >= 4 is 17.9 Å². The van der Waals surface area contributed by atoms with Crippen LogP contribution in [0, 0.1) is 28.1 Å². The molecule has 0 aromatic rings. The van der Waals surface area contributed by atoms with Gasteiger partial charge in [0.25, 0.3) is 0 Å². The van der Waals surface area contributed by atoms with E-state index in [4.69, 9.17) is 0 Å². The Morgan fingerprint density at radius 3 is 2.52 bits per heavy atom. The lowest BCUT2D eigenvalue weighted by molar-refractivity contribution is -0.181. The van der Waals surface area contributed by atoms with Gasteiger partial charge in [-0.1, -0.05) is 19.4 Å². The minimum absolute atomic E-state index is 0.0715. The Hall–Kier alpha value is -1.33. The number of hydrogen-bond acceptors (Lipinski definition) is 5. The van der Waals surface area contributed by atoms with Gasteiger partial charge in [-0.3, -0.25) is 9.59 Å². The fraction of sp³-hybridized carbons (Fsp3) is 0.773. The average Bonchev–Trinajstić information content (AvgIpc) is 2.94. The molecule has 148 valence electrons. The maximum absolute atomic E-state index is 12.6. The predicted octanol–water partition coefficient (Wildman–Crippen LogP) is 2.38. The standard InChI is InChI=1S/C22H30O5/c1-19-7-4-15(25)11-14(19)3-9-21(13-24)16(19)5-8-20(2)17(21)6-10-22(20,27)18(26)12-23/h11,13,16-17,23,27H,3-10,12H2,1-2H3/t16?,17?,19-,20-,21-,22-/m0/s1. The highest BCUT2D eigenvalue weighted by Crippen LogP contribution is 2.71. The quantitative estimate of drug-likeness (QED) is 0.740. The molecule has 0 bridgehead atoms. The van der Waals surface area contributed by atoms with Crippen LogP contribution in [0.5, 0.6) is 0 Å². The summed E-state index contributed by atoms with van der Waals surface area (Å²) in [5, 5.41) is 20.7. The number of aliphatic hydroxyl groups excluding tert-OH is 1. The van der Waals surface area contributed by atoms with Crippen LogP contribution in [0.25, 0.3) is 0 Å². The van der Waals surface area contributed by atoms with Crippen molar-refractivity contribution in [3.8, 4) is 0 Å². The summed E-state index contributed by atoms with van der Waals surface area (Å²) in [6, 6.07) is 0. The summed E-state index contributed by atoms with van der Waals surface area (Å²) in [5.74, 6) is -0.263. The molecule has 3 saturated carbocycles. The first-order chi connectivity index (χ1) is 12.7. The van der Waals surface area contributed by atoms with Crippen LogP contribution >= 0.6 is 0 Å². The second-order valence-electron chi connectivity index (χ2n) is 9.83. The van der Waals surface area contributed by atoms with Crippen LogP contribution in [-0.2, 0) is 14.4 Å². The first kappa shape index (κ1) is 19.0. The van der Waals surface area contributed by atoms with Crippen LogP contribution in [0.3, 0.4) is 0 Å². The fourth-order valence-electron chi connectivity index (χ4n) is 7.60. The Morgan fingerprint density at radius 1 is 1.15 bits per heavy atom. The van der Waals surface area contributed by atoms with Crippen molar-refractivity contribution in [3.05, 3.63) is 11.6 Å². The molecule has 0 amide bonds. The van der Waals surface area contributed by atoms with E-state index in [-0.39, 0.29) is 23.0 Å². The average molecular weight is 374 g/mol. The van der Waals surface area contributed by atoms with E-state index in [0.29, 0.717) is 32.1 Å². The lowest BCUT2D eigenvalue weighted by atomic mass is 9.40. The largest absolute Gasteiger partial charge is 0.388 e. The Kier molecular flexibility index (Phi) is 4.11. The van der Waals surface area contributed by atoms with Crippen LogP contribution in [0.4, 0.5) is 0 Å². The number of aldehydes is 1. The first-order valence-corrected chi connectivity index (χ1v) is 10.2. The van der Waals surface area contributed by atoms with E-state index in [2.05, 4.69) is 6.92 Å². The van der Waals surface area contributed by atoms with Gasteiger partial charge >= 0.3 is 0 Å². The second-order valence-corrected chi connectivity index (χ2v) is 9.83. The molecule has 0 aromatic heterocycles. The number of hydrogen-bond donors (Lipinski definition) is 2. The molecule has 0 spiro atoms. The minimum Gasteiger partial charge on any atom is -0.388 e. The van der Waals surface area contributed by atoms with Gasteiger partial charge in [0.05, 0.1) is 0 Å². The van der Waals surface area contributed by atoms with Gasteiger partial charge in [0.15, 0.2) is 11.6 Å². The summed E-state index contributed by atoms with van der Waals surface area (Å²) in [5.41, 5.74) is -1.78. The van der Waals surface area contributed by atoms with Crippen LogP contribution < -0.4 is 0 Å². The Labute approximate surface area is 160 Å². The number of rotatable bonds is 3. The molecule has 0 heterocycles. The van der Waals surface area contributed by atoms with E-state index in [1.54, 1.807) is 0 Å². The van der Waals surface area contributed by atoms with Crippen LogP contribution in [0.1, 0.15) is 65.2 Å². The molecular formula is C22H30O5. The molecule has 2 unspecified atom stereocenters. The summed E-state index contributed by atoms with van der Waals surface area (Å²) >= 11 is 0. The van der Waals surface area contributed by atoms with Gasteiger partial charge in [0.1, 0.15) is 18.5 Å². The number of aliphatic hydroxyl groups is 2. The SMILES string of the molecule is C[C@]12CCC(=O)C=C1CC[C@]1(C=O)C2CC[C@@]2(C)C1CC[C@]2(O)C(=O)CO. The highest BCUT2D eigenvalue weighted by Gasteiger charge is 2.71. The van der Waals surface area contributed by atoms with Gasteiger partial charge in [-0.25, -0.2) is 0 Å². The van der Waals surface area contributed by atoms with Crippen LogP contribution in [-0.4, -0.2) is 40.3 Å². The molecule has 0 aliphatic heterocycles. The molecule has 2 N–H and O–H groups in total. The number of ketones is 2. The van der Waals surface area contributed by atoms with Gasteiger partial charge in [-0.15, -0.1) is 0 Å². The smallest absolute Gasteiger partial charge is 0.190 e. The molecule has 0 aromatic carbocycles. The van der Waals surface area contributed by atoms with E-state index < -0.39 is 28.8 Å².